The highest BCUT2D eigenvalue weighted by Crippen LogP contribution is 2.40. The summed E-state index contributed by atoms with van der Waals surface area (Å²) in [6.07, 6.45) is 2.36. The molecule has 74 valence electrons. The van der Waals surface area contributed by atoms with Gasteiger partial charge in [-0.25, -0.2) is 0 Å². The van der Waals surface area contributed by atoms with Crippen LogP contribution in [0, 0.1) is 0 Å². The first-order valence-corrected chi connectivity index (χ1v) is 5.15. The third-order valence-electron chi connectivity index (χ3n) is 2.99. The number of benzene rings is 1. The van der Waals surface area contributed by atoms with Crippen molar-refractivity contribution in [3.8, 4) is 5.75 Å². The lowest BCUT2D eigenvalue weighted by molar-refractivity contribution is 0.304. The summed E-state index contributed by atoms with van der Waals surface area (Å²) in [5.74, 6) is 0.978. The first kappa shape index (κ1) is 7.97. The maximum atomic E-state index is 5.83. The molecule has 0 amide bonds. The van der Waals surface area contributed by atoms with E-state index in [9.17, 15) is 0 Å². The number of nitrogens with zero attached hydrogens (tertiary/aromatic N) is 1. The smallest absolute Gasteiger partial charge is 0.145 e. The van der Waals surface area contributed by atoms with Gasteiger partial charge in [0.25, 0.3) is 0 Å². The normalized spacial score (nSPS) is 18.7. The first-order valence-electron chi connectivity index (χ1n) is 5.15. The van der Waals surface area contributed by atoms with Crippen LogP contribution in [-0.4, -0.2) is 19.7 Å². The molecule has 1 aromatic carbocycles. The Morgan fingerprint density at radius 2 is 2.21 bits per heavy atom. The SMILES string of the molecule is Nc1cc2c3c(c1)OCCN3CCC2. The maximum absolute atomic E-state index is 5.83. The molecule has 0 fully saturated rings. The summed E-state index contributed by atoms with van der Waals surface area (Å²) in [5, 5.41) is 0. The molecule has 0 unspecified atom stereocenters. The Bertz CT molecular complexity index is 345. The molecule has 2 aliphatic rings. The predicted octanol–water partition coefficient (Wildman–Crippen LogP) is 1.41. The van der Waals surface area contributed by atoms with Crippen LogP contribution in [0.2, 0.25) is 0 Å². The summed E-state index contributed by atoms with van der Waals surface area (Å²) in [7, 11) is 0. The summed E-state index contributed by atoms with van der Waals surface area (Å²) < 4.78 is 5.63. The van der Waals surface area contributed by atoms with Crippen LogP contribution in [-0.2, 0) is 6.42 Å². The standard InChI is InChI=1S/C11H14N2O/c12-9-6-8-2-1-3-13-4-5-14-10(7-9)11(8)13/h6-7H,1-5,12H2. The zero-order chi connectivity index (χ0) is 9.54. The Labute approximate surface area is 83.5 Å². The molecule has 2 heterocycles. The van der Waals surface area contributed by atoms with Crippen LogP contribution in [0.5, 0.6) is 5.75 Å². The van der Waals surface area contributed by atoms with Crippen LogP contribution < -0.4 is 15.4 Å². The fourth-order valence-electron chi connectivity index (χ4n) is 2.41. The van der Waals surface area contributed by atoms with Gasteiger partial charge in [-0.15, -0.1) is 0 Å². The zero-order valence-electron chi connectivity index (χ0n) is 8.12. The summed E-state index contributed by atoms with van der Waals surface area (Å²) in [5.41, 5.74) is 9.29. The molecule has 0 aliphatic carbocycles. The van der Waals surface area contributed by atoms with Crippen molar-refractivity contribution >= 4 is 11.4 Å². The number of anilines is 2. The van der Waals surface area contributed by atoms with Crippen LogP contribution >= 0.6 is 0 Å². The minimum Gasteiger partial charge on any atom is -0.489 e. The van der Waals surface area contributed by atoms with Gasteiger partial charge in [0, 0.05) is 18.3 Å². The molecule has 3 heteroatoms. The summed E-state index contributed by atoms with van der Waals surface area (Å²) in [4.78, 5) is 2.41. The van der Waals surface area contributed by atoms with E-state index in [-0.39, 0.29) is 0 Å². The molecule has 0 radical (unpaired) electrons. The van der Waals surface area contributed by atoms with Crippen LogP contribution in [0.15, 0.2) is 12.1 Å². The third-order valence-corrected chi connectivity index (χ3v) is 2.99. The number of nitrogen functional groups attached to an aromatic ring is 1. The maximum Gasteiger partial charge on any atom is 0.145 e. The van der Waals surface area contributed by atoms with E-state index in [1.807, 2.05) is 6.07 Å². The molecule has 0 atom stereocenters. The summed E-state index contributed by atoms with van der Waals surface area (Å²) in [6, 6.07) is 4.02. The van der Waals surface area contributed by atoms with Crippen LogP contribution in [0.25, 0.3) is 0 Å². The van der Waals surface area contributed by atoms with Gasteiger partial charge in [0.2, 0.25) is 0 Å². The van der Waals surface area contributed by atoms with E-state index in [4.69, 9.17) is 10.5 Å². The highest BCUT2D eigenvalue weighted by Gasteiger charge is 2.24. The number of rotatable bonds is 0. The molecular weight excluding hydrogens is 176 g/mol. The van der Waals surface area contributed by atoms with Gasteiger partial charge in [-0.2, -0.15) is 0 Å². The molecule has 2 N–H and O–H groups in total. The molecule has 3 nitrogen and oxygen atoms in total. The van der Waals surface area contributed by atoms with Crippen molar-refractivity contribution in [1.82, 2.24) is 0 Å². The van der Waals surface area contributed by atoms with E-state index in [1.165, 1.54) is 17.7 Å². The van der Waals surface area contributed by atoms with Crippen molar-refractivity contribution in [2.75, 3.05) is 30.3 Å². The van der Waals surface area contributed by atoms with E-state index >= 15 is 0 Å². The van der Waals surface area contributed by atoms with Crippen LogP contribution in [0.1, 0.15) is 12.0 Å². The average Bonchev–Trinajstić information content (AvgIpc) is 2.18. The third kappa shape index (κ3) is 1.05. The van der Waals surface area contributed by atoms with E-state index in [2.05, 4.69) is 11.0 Å². The number of nitrogens with two attached hydrogens (primary N) is 1. The van der Waals surface area contributed by atoms with Gasteiger partial charge in [0.15, 0.2) is 0 Å². The number of aryl methyl sites for hydroxylation is 1. The highest BCUT2D eigenvalue weighted by atomic mass is 16.5. The summed E-state index contributed by atoms with van der Waals surface area (Å²) >= 11 is 0. The molecular formula is C11H14N2O. The minimum absolute atomic E-state index is 0.788. The molecule has 0 saturated heterocycles. The second-order valence-electron chi connectivity index (χ2n) is 3.97. The topological polar surface area (TPSA) is 38.5 Å². The fourth-order valence-corrected chi connectivity index (χ4v) is 2.41. The van der Waals surface area contributed by atoms with E-state index in [1.54, 1.807) is 0 Å². The number of hydrogen-bond acceptors (Lipinski definition) is 3. The van der Waals surface area contributed by atoms with Crippen LogP contribution in [0.4, 0.5) is 11.4 Å². The highest BCUT2D eigenvalue weighted by molar-refractivity contribution is 5.71. The Balaban J connectivity index is 2.20. The monoisotopic (exact) mass is 190 g/mol. The lowest BCUT2D eigenvalue weighted by Crippen LogP contribution is -2.36. The Morgan fingerprint density at radius 3 is 3.14 bits per heavy atom. The van der Waals surface area contributed by atoms with Crippen molar-refractivity contribution in [2.45, 2.75) is 12.8 Å². The fraction of sp³-hybridized carbons (Fsp3) is 0.455. The Kier molecular flexibility index (Phi) is 1.60. The predicted molar refractivity (Wildman–Crippen MR) is 56.9 cm³/mol. The van der Waals surface area contributed by atoms with Gasteiger partial charge in [-0.3, -0.25) is 0 Å². The Hall–Kier alpha value is -1.38. The van der Waals surface area contributed by atoms with E-state index in [0.717, 1.165) is 37.6 Å². The molecule has 3 rings (SSSR count). The molecule has 0 aromatic heterocycles. The molecule has 14 heavy (non-hydrogen) atoms. The summed E-state index contributed by atoms with van der Waals surface area (Å²) in [6.45, 7) is 2.97. The van der Waals surface area contributed by atoms with Gasteiger partial charge < -0.3 is 15.4 Å². The second kappa shape index (κ2) is 2.80. The minimum atomic E-state index is 0.788. The molecule has 0 saturated carbocycles. The molecule has 2 aliphatic heterocycles. The van der Waals surface area contributed by atoms with Gasteiger partial charge in [-0.1, -0.05) is 0 Å². The molecule has 0 bridgehead atoms. The van der Waals surface area contributed by atoms with Crippen molar-refractivity contribution in [2.24, 2.45) is 0 Å². The largest absolute Gasteiger partial charge is 0.489 e. The van der Waals surface area contributed by atoms with Gasteiger partial charge in [0.1, 0.15) is 12.4 Å². The Morgan fingerprint density at radius 1 is 1.29 bits per heavy atom. The van der Waals surface area contributed by atoms with Crippen molar-refractivity contribution in [3.63, 3.8) is 0 Å². The quantitative estimate of drug-likeness (QED) is 0.629. The second-order valence-corrected chi connectivity index (χ2v) is 3.97. The lowest BCUT2D eigenvalue weighted by atomic mass is 9.99. The number of ether oxygens (including phenoxy) is 1. The van der Waals surface area contributed by atoms with Crippen molar-refractivity contribution < 1.29 is 4.74 Å². The number of hydrogen-bond donors (Lipinski definition) is 1. The van der Waals surface area contributed by atoms with Crippen molar-refractivity contribution in [3.05, 3.63) is 17.7 Å². The van der Waals surface area contributed by atoms with E-state index in [0.29, 0.717) is 0 Å². The first-order chi connectivity index (χ1) is 6.84. The molecule has 0 spiro atoms. The lowest BCUT2D eigenvalue weighted by Gasteiger charge is -2.36. The van der Waals surface area contributed by atoms with Crippen LogP contribution in [0.3, 0.4) is 0 Å². The van der Waals surface area contributed by atoms with Gasteiger partial charge in [-0.05, 0) is 24.5 Å². The van der Waals surface area contributed by atoms with Gasteiger partial charge >= 0.3 is 0 Å². The average molecular weight is 190 g/mol. The molecule has 1 aromatic rings. The van der Waals surface area contributed by atoms with Crippen molar-refractivity contribution in [1.29, 1.82) is 0 Å². The van der Waals surface area contributed by atoms with E-state index < -0.39 is 0 Å². The zero-order valence-corrected chi connectivity index (χ0v) is 8.12. The van der Waals surface area contributed by atoms with Gasteiger partial charge in [0.05, 0.1) is 12.2 Å².